The number of hydrogen-bond donors (Lipinski definition) is 1. The molecule has 1 heterocycles. The van der Waals surface area contributed by atoms with Crippen LogP contribution in [0.4, 0.5) is 0 Å². The predicted octanol–water partition coefficient (Wildman–Crippen LogP) is 3.68. The van der Waals surface area contributed by atoms with Crippen molar-refractivity contribution >= 4 is 0 Å². The summed E-state index contributed by atoms with van der Waals surface area (Å²) in [7, 11) is 0. The Bertz CT molecular complexity index is 380. The molecule has 3 rings (SSSR count). The van der Waals surface area contributed by atoms with Gasteiger partial charge >= 0.3 is 0 Å². The maximum absolute atomic E-state index is 5.90. The third-order valence-electron chi connectivity index (χ3n) is 4.61. The minimum Gasteiger partial charge on any atom is -0.464 e. The standard InChI is InChI=1S/C15H23NO/c1-10-8-14(10)15-7-6-13(17-15)9-16-11(2)12-4-3-5-12/h6-7,10-12,14,16H,3-5,8-9H2,1-2H3. The Balaban J connectivity index is 1.49. The second kappa shape index (κ2) is 4.49. The normalized spacial score (nSPS) is 30.0. The van der Waals surface area contributed by atoms with Crippen molar-refractivity contribution in [1.82, 2.24) is 5.32 Å². The number of furan rings is 1. The summed E-state index contributed by atoms with van der Waals surface area (Å²) < 4.78 is 5.90. The molecule has 0 amide bonds. The van der Waals surface area contributed by atoms with Gasteiger partial charge < -0.3 is 9.73 Å². The topological polar surface area (TPSA) is 25.2 Å². The molecule has 2 heteroatoms. The molecule has 3 atom stereocenters. The molecule has 2 aliphatic carbocycles. The van der Waals surface area contributed by atoms with Crippen LogP contribution in [-0.2, 0) is 6.54 Å². The van der Waals surface area contributed by atoms with E-state index in [1.54, 1.807) is 0 Å². The van der Waals surface area contributed by atoms with Crippen LogP contribution in [-0.4, -0.2) is 6.04 Å². The first kappa shape index (κ1) is 11.3. The predicted molar refractivity (Wildman–Crippen MR) is 68.9 cm³/mol. The second-order valence-electron chi connectivity index (χ2n) is 5.98. The van der Waals surface area contributed by atoms with Crippen LogP contribution in [0, 0.1) is 11.8 Å². The van der Waals surface area contributed by atoms with Crippen molar-refractivity contribution in [2.45, 2.75) is 58.0 Å². The summed E-state index contributed by atoms with van der Waals surface area (Å²) in [5.41, 5.74) is 0. The third kappa shape index (κ3) is 2.42. The van der Waals surface area contributed by atoms with Crippen molar-refractivity contribution in [3.8, 4) is 0 Å². The van der Waals surface area contributed by atoms with Gasteiger partial charge in [-0.3, -0.25) is 0 Å². The molecular weight excluding hydrogens is 210 g/mol. The van der Waals surface area contributed by atoms with E-state index in [1.807, 2.05) is 0 Å². The smallest absolute Gasteiger partial charge is 0.117 e. The van der Waals surface area contributed by atoms with Crippen molar-refractivity contribution < 1.29 is 4.42 Å². The molecule has 0 bridgehead atoms. The largest absolute Gasteiger partial charge is 0.464 e. The van der Waals surface area contributed by atoms with Crippen LogP contribution in [0.1, 0.15) is 57.0 Å². The van der Waals surface area contributed by atoms with Gasteiger partial charge in [0.2, 0.25) is 0 Å². The Morgan fingerprint density at radius 3 is 2.76 bits per heavy atom. The maximum atomic E-state index is 5.90. The molecule has 0 spiro atoms. The minimum absolute atomic E-state index is 0.636. The van der Waals surface area contributed by atoms with Gasteiger partial charge in [-0.25, -0.2) is 0 Å². The Morgan fingerprint density at radius 2 is 2.18 bits per heavy atom. The number of hydrogen-bond acceptors (Lipinski definition) is 2. The van der Waals surface area contributed by atoms with E-state index < -0.39 is 0 Å². The zero-order valence-electron chi connectivity index (χ0n) is 10.9. The van der Waals surface area contributed by atoms with Crippen molar-refractivity contribution in [3.63, 3.8) is 0 Å². The molecule has 1 aromatic heterocycles. The van der Waals surface area contributed by atoms with E-state index >= 15 is 0 Å². The lowest BCUT2D eigenvalue weighted by Crippen LogP contribution is -2.36. The molecule has 2 saturated carbocycles. The maximum Gasteiger partial charge on any atom is 0.117 e. The summed E-state index contributed by atoms with van der Waals surface area (Å²) >= 11 is 0. The van der Waals surface area contributed by atoms with Crippen LogP contribution in [0.3, 0.4) is 0 Å². The monoisotopic (exact) mass is 233 g/mol. The molecule has 2 aliphatic rings. The molecule has 0 radical (unpaired) electrons. The van der Waals surface area contributed by atoms with Crippen molar-refractivity contribution in [2.75, 3.05) is 0 Å². The second-order valence-corrected chi connectivity index (χ2v) is 5.98. The Hall–Kier alpha value is -0.760. The lowest BCUT2D eigenvalue weighted by atomic mass is 9.80. The first-order chi connectivity index (χ1) is 8.24. The van der Waals surface area contributed by atoms with Gasteiger partial charge in [-0.05, 0) is 50.2 Å². The molecule has 94 valence electrons. The first-order valence-electron chi connectivity index (χ1n) is 7.06. The molecule has 0 saturated heterocycles. The summed E-state index contributed by atoms with van der Waals surface area (Å²) in [5, 5.41) is 3.59. The van der Waals surface area contributed by atoms with Crippen LogP contribution < -0.4 is 5.32 Å². The highest BCUT2D eigenvalue weighted by Crippen LogP contribution is 2.47. The van der Waals surface area contributed by atoms with Gasteiger partial charge in [0.05, 0.1) is 6.54 Å². The van der Waals surface area contributed by atoms with Gasteiger partial charge in [0, 0.05) is 12.0 Å². The van der Waals surface area contributed by atoms with Gasteiger partial charge in [0.25, 0.3) is 0 Å². The Kier molecular flexibility index (Phi) is 2.99. The third-order valence-corrected chi connectivity index (χ3v) is 4.61. The highest BCUT2D eigenvalue weighted by molar-refractivity contribution is 5.17. The molecule has 2 fully saturated rings. The summed E-state index contributed by atoms with van der Waals surface area (Å²) in [6, 6.07) is 4.94. The lowest BCUT2D eigenvalue weighted by Gasteiger charge is -2.31. The van der Waals surface area contributed by atoms with Gasteiger partial charge in [-0.1, -0.05) is 13.3 Å². The van der Waals surface area contributed by atoms with E-state index in [2.05, 4.69) is 31.3 Å². The lowest BCUT2D eigenvalue weighted by molar-refractivity contribution is 0.236. The molecule has 0 aromatic carbocycles. The van der Waals surface area contributed by atoms with Gasteiger partial charge in [-0.15, -0.1) is 0 Å². The molecule has 2 nitrogen and oxygen atoms in total. The average Bonchev–Trinajstić information content (AvgIpc) is 2.77. The van der Waals surface area contributed by atoms with Gasteiger partial charge in [-0.2, -0.15) is 0 Å². The molecule has 17 heavy (non-hydrogen) atoms. The zero-order valence-corrected chi connectivity index (χ0v) is 10.9. The van der Waals surface area contributed by atoms with Crippen LogP contribution in [0.15, 0.2) is 16.5 Å². The highest BCUT2D eigenvalue weighted by Gasteiger charge is 2.36. The van der Waals surface area contributed by atoms with E-state index in [0.29, 0.717) is 12.0 Å². The fraction of sp³-hybridized carbons (Fsp3) is 0.733. The Labute approximate surface area is 104 Å². The molecule has 1 N–H and O–H groups in total. The molecular formula is C15H23NO. The van der Waals surface area contributed by atoms with E-state index in [9.17, 15) is 0 Å². The fourth-order valence-corrected chi connectivity index (χ4v) is 2.78. The zero-order chi connectivity index (χ0) is 11.8. The van der Waals surface area contributed by atoms with Crippen molar-refractivity contribution in [3.05, 3.63) is 23.7 Å². The van der Waals surface area contributed by atoms with Crippen molar-refractivity contribution in [1.29, 1.82) is 0 Å². The van der Waals surface area contributed by atoms with E-state index in [-0.39, 0.29) is 0 Å². The number of rotatable bonds is 5. The fourth-order valence-electron chi connectivity index (χ4n) is 2.78. The molecule has 0 aliphatic heterocycles. The van der Waals surface area contributed by atoms with E-state index in [0.717, 1.165) is 24.1 Å². The Morgan fingerprint density at radius 1 is 1.41 bits per heavy atom. The first-order valence-corrected chi connectivity index (χ1v) is 7.06. The van der Waals surface area contributed by atoms with Crippen LogP contribution in [0.5, 0.6) is 0 Å². The summed E-state index contributed by atoms with van der Waals surface area (Å²) in [6.45, 7) is 5.49. The molecule has 3 unspecified atom stereocenters. The SMILES string of the molecule is CC1CC1c1ccc(CNC(C)C2CCC2)o1. The summed E-state index contributed by atoms with van der Waals surface area (Å²) in [4.78, 5) is 0. The van der Waals surface area contributed by atoms with Crippen LogP contribution >= 0.6 is 0 Å². The van der Waals surface area contributed by atoms with Gasteiger partial charge in [0.15, 0.2) is 0 Å². The minimum atomic E-state index is 0.636. The van der Waals surface area contributed by atoms with E-state index in [4.69, 9.17) is 4.42 Å². The summed E-state index contributed by atoms with van der Waals surface area (Å²) in [5.74, 6) is 4.73. The highest BCUT2D eigenvalue weighted by atomic mass is 16.3. The van der Waals surface area contributed by atoms with Crippen LogP contribution in [0.2, 0.25) is 0 Å². The average molecular weight is 233 g/mol. The summed E-state index contributed by atoms with van der Waals surface area (Å²) in [6.07, 6.45) is 5.52. The van der Waals surface area contributed by atoms with Gasteiger partial charge in [0.1, 0.15) is 11.5 Å². The van der Waals surface area contributed by atoms with Crippen LogP contribution in [0.25, 0.3) is 0 Å². The quantitative estimate of drug-likeness (QED) is 0.839. The number of nitrogens with one attached hydrogen (secondary N) is 1. The molecule has 1 aromatic rings. The van der Waals surface area contributed by atoms with Crippen molar-refractivity contribution in [2.24, 2.45) is 11.8 Å². The van der Waals surface area contributed by atoms with E-state index in [1.165, 1.54) is 31.4 Å².